The Balaban J connectivity index is 1.96. The van der Waals surface area contributed by atoms with E-state index in [2.05, 4.69) is 9.97 Å². The molecule has 3 rings (SSSR count). The minimum atomic E-state index is -4.65. The van der Waals surface area contributed by atoms with Gasteiger partial charge in [0, 0.05) is 23.5 Å². The molecule has 182 valence electrons. The van der Waals surface area contributed by atoms with Crippen molar-refractivity contribution in [2.75, 3.05) is 0 Å². The van der Waals surface area contributed by atoms with Crippen LogP contribution >= 0.6 is 0 Å². The molecule has 0 aliphatic rings. The molecule has 0 fully saturated rings. The van der Waals surface area contributed by atoms with E-state index < -0.39 is 46.2 Å². The van der Waals surface area contributed by atoms with Gasteiger partial charge in [0.05, 0.1) is 33.7 Å². The van der Waals surface area contributed by atoms with Crippen molar-refractivity contribution < 1.29 is 35.1 Å². The fourth-order valence-corrected chi connectivity index (χ4v) is 2.88. The number of nitriles is 2. The highest BCUT2D eigenvalue weighted by molar-refractivity contribution is 5.90. The third-order valence-corrected chi connectivity index (χ3v) is 4.69. The van der Waals surface area contributed by atoms with Crippen molar-refractivity contribution in [1.82, 2.24) is 9.97 Å². The summed E-state index contributed by atoms with van der Waals surface area (Å²) < 4.78 is 105. The van der Waals surface area contributed by atoms with E-state index in [1.54, 1.807) is 12.1 Å². The molecule has 2 heterocycles. The van der Waals surface area contributed by atoms with Gasteiger partial charge in [0.2, 0.25) is 0 Å². The summed E-state index contributed by atoms with van der Waals surface area (Å²) in [5.74, 6) is -2.11. The highest BCUT2D eigenvalue weighted by Crippen LogP contribution is 2.31. The van der Waals surface area contributed by atoms with Crippen molar-refractivity contribution in [3.05, 3.63) is 94.1 Å². The number of halogens is 8. The van der Waals surface area contributed by atoms with Gasteiger partial charge in [-0.3, -0.25) is 9.97 Å². The number of nitrogens with zero attached hydrogens (tertiary/aromatic N) is 4. The number of pyridine rings is 2. The Bertz CT molecular complexity index is 1310. The lowest BCUT2D eigenvalue weighted by molar-refractivity contribution is -0.138. The maximum absolute atomic E-state index is 14.7. The van der Waals surface area contributed by atoms with Crippen LogP contribution in [0.1, 0.15) is 33.6 Å². The number of benzene rings is 1. The molecular formula is C24H10F8N4. The van der Waals surface area contributed by atoms with Gasteiger partial charge in [-0.05, 0) is 48.6 Å². The van der Waals surface area contributed by atoms with Crippen molar-refractivity contribution >= 4 is 23.3 Å². The van der Waals surface area contributed by atoms with Crippen molar-refractivity contribution in [2.24, 2.45) is 0 Å². The molecule has 0 aliphatic heterocycles. The second kappa shape index (κ2) is 9.96. The van der Waals surface area contributed by atoms with Gasteiger partial charge in [0.25, 0.3) is 0 Å². The Morgan fingerprint density at radius 3 is 1.28 bits per heavy atom. The summed E-state index contributed by atoms with van der Waals surface area (Å²) in [6, 6.07) is 7.81. The third-order valence-electron chi connectivity index (χ3n) is 4.69. The average Bonchev–Trinajstić information content (AvgIpc) is 2.82. The van der Waals surface area contributed by atoms with E-state index in [0.29, 0.717) is 36.7 Å². The summed E-state index contributed by atoms with van der Waals surface area (Å²) in [6.45, 7) is 0. The second-order valence-corrected chi connectivity index (χ2v) is 7.09. The van der Waals surface area contributed by atoms with Gasteiger partial charge in [0.1, 0.15) is 23.8 Å². The fraction of sp³-hybridized carbons (Fsp3) is 0.0833. The van der Waals surface area contributed by atoms with Gasteiger partial charge in [-0.25, -0.2) is 8.78 Å². The molecule has 1 aromatic carbocycles. The zero-order valence-electron chi connectivity index (χ0n) is 17.6. The summed E-state index contributed by atoms with van der Waals surface area (Å²) in [5.41, 5.74) is -4.12. The van der Waals surface area contributed by atoms with Crippen molar-refractivity contribution in [2.45, 2.75) is 12.4 Å². The first-order chi connectivity index (χ1) is 16.8. The number of rotatable bonds is 4. The largest absolute Gasteiger partial charge is 0.417 e. The SMILES string of the molecule is N#C/C(=C\c1cc(F)c(/C=C(\C#N)c2ccc(C(F)(F)F)cn2)cc1F)c1ccc(C(F)(F)F)cn1. The minimum Gasteiger partial charge on any atom is -0.255 e. The van der Waals surface area contributed by atoms with E-state index in [9.17, 15) is 45.6 Å². The van der Waals surface area contributed by atoms with Crippen LogP contribution in [0.3, 0.4) is 0 Å². The van der Waals surface area contributed by atoms with Crippen molar-refractivity contribution in [1.29, 1.82) is 10.5 Å². The third kappa shape index (κ3) is 5.91. The van der Waals surface area contributed by atoms with E-state index >= 15 is 0 Å². The highest BCUT2D eigenvalue weighted by Gasteiger charge is 2.31. The normalized spacial score (nSPS) is 12.7. The van der Waals surface area contributed by atoms with Gasteiger partial charge in [-0.2, -0.15) is 36.9 Å². The number of aromatic nitrogens is 2. The quantitative estimate of drug-likeness (QED) is 0.284. The first-order valence-corrected chi connectivity index (χ1v) is 9.63. The molecule has 36 heavy (non-hydrogen) atoms. The molecule has 0 aliphatic carbocycles. The Labute approximate surface area is 198 Å². The maximum atomic E-state index is 14.7. The molecule has 0 saturated heterocycles. The van der Waals surface area contributed by atoms with E-state index in [-0.39, 0.29) is 22.5 Å². The number of allylic oxidation sites excluding steroid dienone is 2. The fourth-order valence-electron chi connectivity index (χ4n) is 2.88. The lowest BCUT2D eigenvalue weighted by Crippen LogP contribution is -2.05. The maximum Gasteiger partial charge on any atom is 0.417 e. The number of alkyl halides is 6. The smallest absolute Gasteiger partial charge is 0.255 e. The van der Waals surface area contributed by atoms with Gasteiger partial charge < -0.3 is 0 Å². The van der Waals surface area contributed by atoms with Crippen LogP contribution in [-0.4, -0.2) is 9.97 Å². The van der Waals surface area contributed by atoms with Crippen LogP contribution in [0.5, 0.6) is 0 Å². The van der Waals surface area contributed by atoms with Crippen LogP contribution < -0.4 is 0 Å². The van der Waals surface area contributed by atoms with E-state index in [4.69, 9.17) is 0 Å². The summed E-state index contributed by atoms with van der Waals surface area (Å²) in [5, 5.41) is 18.6. The topological polar surface area (TPSA) is 73.4 Å². The zero-order chi connectivity index (χ0) is 26.7. The molecule has 4 nitrogen and oxygen atoms in total. The van der Waals surface area contributed by atoms with E-state index in [1.807, 2.05) is 0 Å². The van der Waals surface area contributed by atoms with Crippen molar-refractivity contribution in [3.63, 3.8) is 0 Å². The van der Waals surface area contributed by atoms with Crippen LogP contribution in [0.4, 0.5) is 35.1 Å². The first kappa shape index (κ1) is 26.0. The second-order valence-electron chi connectivity index (χ2n) is 7.09. The minimum absolute atomic E-state index is 0.213. The van der Waals surface area contributed by atoms with E-state index in [0.717, 1.165) is 24.3 Å². The Hall–Kier alpha value is -4.58. The Morgan fingerprint density at radius 2 is 1.03 bits per heavy atom. The first-order valence-electron chi connectivity index (χ1n) is 9.63. The molecular weight excluding hydrogens is 496 g/mol. The molecule has 0 N–H and O–H groups in total. The molecule has 12 heteroatoms. The summed E-state index contributed by atoms with van der Waals surface area (Å²) in [6.07, 6.45) is -6.57. The predicted molar refractivity (Wildman–Crippen MR) is 112 cm³/mol. The molecule has 0 spiro atoms. The summed E-state index contributed by atoms with van der Waals surface area (Å²) in [7, 11) is 0. The zero-order valence-corrected chi connectivity index (χ0v) is 17.6. The lowest BCUT2D eigenvalue weighted by Gasteiger charge is -2.08. The summed E-state index contributed by atoms with van der Waals surface area (Å²) in [4.78, 5) is 7.08. The molecule has 3 aromatic rings. The highest BCUT2D eigenvalue weighted by atomic mass is 19.4. The van der Waals surface area contributed by atoms with Gasteiger partial charge in [0.15, 0.2) is 0 Å². The van der Waals surface area contributed by atoms with Crippen LogP contribution in [0.2, 0.25) is 0 Å². The molecule has 2 aromatic heterocycles. The average molecular weight is 506 g/mol. The molecule has 0 saturated carbocycles. The molecule has 0 bridgehead atoms. The Morgan fingerprint density at radius 1 is 0.667 bits per heavy atom. The molecule has 0 atom stereocenters. The standard InChI is InChI=1S/C24H10F8N4/c25-19-8-14(6-16(10-34)22-4-2-18(12-36-22)24(30,31)32)20(26)7-13(19)5-15(9-33)21-3-1-17(11-35-21)23(27,28)29/h1-8,11-12H/b15-5+,16-6+. The predicted octanol–water partition coefficient (Wildman–Crippen LogP) is 6.92. The van der Waals surface area contributed by atoms with Crippen LogP contribution in [0.15, 0.2) is 48.8 Å². The van der Waals surface area contributed by atoms with E-state index in [1.165, 1.54) is 0 Å². The molecule has 0 radical (unpaired) electrons. The lowest BCUT2D eigenvalue weighted by atomic mass is 10.0. The van der Waals surface area contributed by atoms with Crippen molar-refractivity contribution in [3.8, 4) is 12.1 Å². The monoisotopic (exact) mass is 506 g/mol. The molecule has 0 unspecified atom stereocenters. The Kier molecular flexibility index (Phi) is 7.20. The van der Waals surface area contributed by atoms with Crippen LogP contribution in [-0.2, 0) is 12.4 Å². The van der Waals surface area contributed by atoms with Gasteiger partial charge >= 0.3 is 12.4 Å². The van der Waals surface area contributed by atoms with Crippen LogP contribution in [0.25, 0.3) is 23.3 Å². The van der Waals surface area contributed by atoms with Gasteiger partial charge in [-0.1, -0.05) is 0 Å². The molecule has 0 amide bonds. The number of hydrogen-bond donors (Lipinski definition) is 0. The summed E-state index contributed by atoms with van der Waals surface area (Å²) >= 11 is 0. The van der Waals surface area contributed by atoms with Gasteiger partial charge in [-0.15, -0.1) is 0 Å². The van der Waals surface area contributed by atoms with Crippen LogP contribution in [0, 0.1) is 34.3 Å². The number of hydrogen-bond acceptors (Lipinski definition) is 4.